The quantitative estimate of drug-likeness (QED) is 0.792. The van der Waals surface area contributed by atoms with Crippen molar-refractivity contribution in [3.63, 3.8) is 0 Å². The summed E-state index contributed by atoms with van der Waals surface area (Å²) < 4.78 is 0. The Balaban J connectivity index is 2.03. The highest BCUT2D eigenvalue weighted by Crippen LogP contribution is 2.19. The van der Waals surface area contributed by atoms with Gasteiger partial charge in [0.1, 0.15) is 5.82 Å². The molecule has 0 aromatic carbocycles. The number of aromatic nitrogens is 2. The van der Waals surface area contributed by atoms with Crippen molar-refractivity contribution >= 4 is 5.82 Å². The van der Waals surface area contributed by atoms with Crippen LogP contribution in [-0.4, -0.2) is 29.1 Å². The first-order valence-electron chi connectivity index (χ1n) is 7.84. The molecule has 0 atom stereocenters. The fourth-order valence-electron chi connectivity index (χ4n) is 2.31. The maximum Gasteiger partial charge on any atom is 0.147 e. The van der Waals surface area contributed by atoms with E-state index in [1.807, 2.05) is 12.4 Å². The van der Waals surface area contributed by atoms with Gasteiger partial charge in [-0.05, 0) is 24.7 Å². The molecule has 0 saturated heterocycles. The summed E-state index contributed by atoms with van der Waals surface area (Å²) in [6, 6.07) is 0.711. The van der Waals surface area contributed by atoms with Gasteiger partial charge in [-0.25, -0.2) is 4.98 Å². The van der Waals surface area contributed by atoms with Crippen molar-refractivity contribution in [2.45, 2.75) is 53.1 Å². The van der Waals surface area contributed by atoms with Gasteiger partial charge in [-0.1, -0.05) is 27.7 Å². The van der Waals surface area contributed by atoms with Crippen LogP contribution in [0.25, 0.3) is 0 Å². The average Bonchev–Trinajstić information content (AvgIpc) is 3.19. The summed E-state index contributed by atoms with van der Waals surface area (Å²) in [4.78, 5) is 11.5. The van der Waals surface area contributed by atoms with Crippen LogP contribution in [0.3, 0.4) is 0 Å². The Morgan fingerprint density at radius 3 is 2.35 bits per heavy atom. The zero-order chi connectivity index (χ0) is 14.5. The minimum atomic E-state index is 0.629. The molecule has 0 radical (unpaired) electrons. The monoisotopic (exact) mass is 276 g/mol. The number of nitrogens with one attached hydrogen (secondary N) is 1. The molecule has 4 nitrogen and oxygen atoms in total. The van der Waals surface area contributed by atoms with Gasteiger partial charge in [-0.3, -0.25) is 4.98 Å². The second-order valence-electron chi connectivity index (χ2n) is 6.72. The van der Waals surface area contributed by atoms with E-state index in [1.54, 1.807) is 0 Å². The van der Waals surface area contributed by atoms with Crippen molar-refractivity contribution in [2.24, 2.45) is 11.8 Å². The predicted molar refractivity (Wildman–Crippen MR) is 83.8 cm³/mol. The SMILES string of the molecule is CC(C)CN(CC(C)C)c1cncc(CNC2CC2)n1. The molecule has 0 unspecified atom stereocenters. The van der Waals surface area contributed by atoms with Gasteiger partial charge < -0.3 is 10.2 Å². The van der Waals surface area contributed by atoms with Crippen LogP contribution in [0.5, 0.6) is 0 Å². The van der Waals surface area contributed by atoms with Crippen LogP contribution < -0.4 is 10.2 Å². The highest BCUT2D eigenvalue weighted by Gasteiger charge is 2.20. The molecule has 112 valence electrons. The summed E-state index contributed by atoms with van der Waals surface area (Å²) in [7, 11) is 0. The number of anilines is 1. The average molecular weight is 276 g/mol. The van der Waals surface area contributed by atoms with Crippen LogP contribution in [0.4, 0.5) is 5.82 Å². The van der Waals surface area contributed by atoms with Gasteiger partial charge in [0.15, 0.2) is 0 Å². The molecule has 1 heterocycles. The van der Waals surface area contributed by atoms with Crippen molar-refractivity contribution in [3.8, 4) is 0 Å². The largest absolute Gasteiger partial charge is 0.355 e. The molecule has 1 saturated carbocycles. The summed E-state index contributed by atoms with van der Waals surface area (Å²) in [6.45, 7) is 11.9. The summed E-state index contributed by atoms with van der Waals surface area (Å²) in [5.41, 5.74) is 1.05. The van der Waals surface area contributed by atoms with Crippen LogP contribution in [0, 0.1) is 11.8 Å². The normalized spacial score (nSPS) is 15.1. The molecule has 20 heavy (non-hydrogen) atoms. The van der Waals surface area contributed by atoms with Gasteiger partial charge in [-0.2, -0.15) is 0 Å². The Bertz CT molecular complexity index is 403. The van der Waals surface area contributed by atoms with Crippen molar-refractivity contribution in [2.75, 3.05) is 18.0 Å². The van der Waals surface area contributed by atoms with E-state index in [1.165, 1.54) is 12.8 Å². The van der Waals surface area contributed by atoms with Gasteiger partial charge in [-0.15, -0.1) is 0 Å². The van der Waals surface area contributed by atoms with Crippen LogP contribution in [0.1, 0.15) is 46.2 Å². The lowest BCUT2D eigenvalue weighted by atomic mass is 10.1. The van der Waals surface area contributed by atoms with Crippen molar-refractivity contribution in [1.29, 1.82) is 0 Å². The summed E-state index contributed by atoms with van der Waals surface area (Å²) >= 11 is 0. The van der Waals surface area contributed by atoms with Crippen LogP contribution in [-0.2, 0) is 6.54 Å². The molecule has 1 aliphatic carbocycles. The molecule has 1 aromatic rings. The van der Waals surface area contributed by atoms with E-state index < -0.39 is 0 Å². The first-order valence-corrected chi connectivity index (χ1v) is 7.84. The van der Waals surface area contributed by atoms with Gasteiger partial charge in [0.05, 0.1) is 11.9 Å². The van der Waals surface area contributed by atoms with Crippen molar-refractivity contribution in [1.82, 2.24) is 15.3 Å². The molecule has 0 amide bonds. The Kier molecular flexibility index (Phi) is 5.35. The lowest BCUT2D eigenvalue weighted by Crippen LogP contribution is -2.32. The van der Waals surface area contributed by atoms with Crippen LogP contribution >= 0.6 is 0 Å². The molecule has 2 rings (SSSR count). The highest BCUT2D eigenvalue weighted by molar-refractivity contribution is 5.36. The van der Waals surface area contributed by atoms with Crippen molar-refractivity contribution < 1.29 is 0 Å². The third kappa shape index (κ3) is 5.08. The summed E-state index contributed by atoms with van der Waals surface area (Å²) in [5, 5.41) is 3.50. The second-order valence-corrected chi connectivity index (χ2v) is 6.72. The zero-order valence-corrected chi connectivity index (χ0v) is 13.3. The molecule has 1 aliphatic rings. The third-order valence-corrected chi connectivity index (χ3v) is 3.32. The Morgan fingerprint density at radius 2 is 1.80 bits per heavy atom. The topological polar surface area (TPSA) is 41.1 Å². The van der Waals surface area contributed by atoms with Crippen LogP contribution in [0.15, 0.2) is 12.4 Å². The van der Waals surface area contributed by atoms with E-state index in [0.717, 1.165) is 31.1 Å². The number of rotatable bonds is 8. The third-order valence-electron chi connectivity index (χ3n) is 3.32. The van der Waals surface area contributed by atoms with E-state index in [2.05, 4.69) is 42.9 Å². The molecule has 1 N–H and O–H groups in total. The van der Waals surface area contributed by atoms with E-state index in [4.69, 9.17) is 4.98 Å². The Hall–Kier alpha value is -1.16. The molecule has 0 bridgehead atoms. The molecular formula is C16H28N4. The number of nitrogens with zero attached hydrogens (tertiary/aromatic N) is 3. The van der Waals surface area contributed by atoms with Gasteiger partial charge in [0.25, 0.3) is 0 Å². The molecule has 0 aliphatic heterocycles. The first-order chi connectivity index (χ1) is 9.54. The van der Waals surface area contributed by atoms with E-state index in [-0.39, 0.29) is 0 Å². The molecule has 1 aromatic heterocycles. The van der Waals surface area contributed by atoms with Crippen LogP contribution in [0.2, 0.25) is 0 Å². The Labute approximate surface area is 123 Å². The Morgan fingerprint density at radius 1 is 1.15 bits per heavy atom. The standard InChI is InChI=1S/C16H28N4/c1-12(2)10-20(11-13(3)4)16-9-17-7-15(19-16)8-18-14-5-6-14/h7,9,12-14,18H,5-6,8,10-11H2,1-4H3. The number of hydrogen-bond donors (Lipinski definition) is 1. The van der Waals surface area contributed by atoms with Gasteiger partial charge in [0.2, 0.25) is 0 Å². The minimum absolute atomic E-state index is 0.629. The minimum Gasteiger partial charge on any atom is -0.355 e. The van der Waals surface area contributed by atoms with Crippen molar-refractivity contribution in [3.05, 3.63) is 18.1 Å². The maximum atomic E-state index is 4.78. The van der Waals surface area contributed by atoms with Gasteiger partial charge in [0, 0.05) is 31.9 Å². The number of hydrogen-bond acceptors (Lipinski definition) is 4. The van der Waals surface area contributed by atoms with E-state index in [9.17, 15) is 0 Å². The highest BCUT2D eigenvalue weighted by atomic mass is 15.2. The fourth-order valence-corrected chi connectivity index (χ4v) is 2.31. The summed E-state index contributed by atoms with van der Waals surface area (Å²) in [6.07, 6.45) is 6.38. The van der Waals surface area contributed by atoms with Gasteiger partial charge >= 0.3 is 0 Å². The summed E-state index contributed by atoms with van der Waals surface area (Å²) in [5.74, 6) is 2.27. The van der Waals surface area contributed by atoms with E-state index in [0.29, 0.717) is 17.9 Å². The lowest BCUT2D eigenvalue weighted by molar-refractivity contribution is 0.546. The fraction of sp³-hybridized carbons (Fsp3) is 0.750. The molecule has 1 fully saturated rings. The first kappa shape index (κ1) is 15.2. The smallest absolute Gasteiger partial charge is 0.147 e. The molecule has 0 spiro atoms. The molecule has 4 heteroatoms. The molecular weight excluding hydrogens is 248 g/mol. The van der Waals surface area contributed by atoms with E-state index >= 15 is 0 Å². The lowest BCUT2D eigenvalue weighted by Gasteiger charge is -2.27. The second kappa shape index (κ2) is 7.02. The predicted octanol–water partition coefficient (Wildman–Crippen LogP) is 2.85. The maximum absolute atomic E-state index is 4.78. The zero-order valence-electron chi connectivity index (χ0n) is 13.3.